The number of carboxylic acid groups (broad SMARTS) is 1. The molecule has 136 valence electrons. The van der Waals surface area contributed by atoms with Crippen molar-refractivity contribution in [2.75, 3.05) is 0 Å². The normalized spacial score (nSPS) is 25.8. The summed E-state index contributed by atoms with van der Waals surface area (Å²) < 4.78 is 5.59. The first-order valence-electron chi connectivity index (χ1n) is 9.42. The van der Waals surface area contributed by atoms with Crippen molar-refractivity contribution in [3.05, 3.63) is 12.7 Å². The minimum absolute atomic E-state index is 0.0239. The van der Waals surface area contributed by atoms with Crippen molar-refractivity contribution in [3.8, 4) is 0 Å². The molecule has 0 aromatic rings. The van der Waals surface area contributed by atoms with Gasteiger partial charge in [0, 0.05) is 0 Å². The average Bonchev–Trinajstić information content (AvgIpc) is 3.00. The van der Waals surface area contributed by atoms with Crippen molar-refractivity contribution in [1.29, 1.82) is 0 Å². The Bertz CT molecular complexity index is 431. The summed E-state index contributed by atoms with van der Waals surface area (Å²) in [6, 6.07) is -0.821. The first-order valence-corrected chi connectivity index (χ1v) is 9.42. The van der Waals surface area contributed by atoms with Crippen LogP contribution in [0.2, 0.25) is 0 Å². The van der Waals surface area contributed by atoms with Crippen LogP contribution in [0.15, 0.2) is 12.7 Å². The van der Waals surface area contributed by atoms with Gasteiger partial charge in [-0.1, -0.05) is 25.3 Å². The fourth-order valence-electron chi connectivity index (χ4n) is 4.16. The summed E-state index contributed by atoms with van der Waals surface area (Å²) in [6.45, 7) is 3.73. The average molecular weight is 337 g/mol. The Hall–Kier alpha value is -1.52. The van der Waals surface area contributed by atoms with Crippen molar-refractivity contribution in [2.24, 2.45) is 11.8 Å². The highest BCUT2D eigenvalue weighted by Crippen LogP contribution is 2.32. The molecule has 2 saturated carbocycles. The maximum absolute atomic E-state index is 12.2. The second-order valence-corrected chi connectivity index (χ2v) is 7.21. The van der Waals surface area contributed by atoms with E-state index >= 15 is 0 Å². The predicted octanol–water partition coefficient (Wildman–Crippen LogP) is 4.27. The van der Waals surface area contributed by atoms with E-state index in [4.69, 9.17) is 4.74 Å². The second-order valence-electron chi connectivity index (χ2n) is 7.21. The van der Waals surface area contributed by atoms with Crippen LogP contribution in [0.5, 0.6) is 0 Å². The number of alkyl carbamates (subject to hydrolysis) is 1. The Morgan fingerprint density at radius 3 is 2.58 bits per heavy atom. The van der Waals surface area contributed by atoms with Crippen LogP contribution >= 0.6 is 0 Å². The summed E-state index contributed by atoms with van der Waals surface area (Å²) in [5.41, 5.74) is 0. The summed E-state index contributed by atoms with van der Waals surface area (Å²) >= 11 is 0. The zero-order valence-corrected chi connectivity index (χ0v) is 14.5. The van der Waals surface area contributed by atoms with Crippen molar-refractivity contribution >= 4 is 12.1 Å². The Kier molecular flexibility index (Phi) is 7.60. The van der Waals surface area contributed by atoms with Crippen molar-refractivity contribution in [1.82, 2.24) is 5.32 Å². The highest BCUT2D eigenvalue weighted by molar-refractivity contribution is 5.80. The number of hydrogen-bond donors (Lipinski definition) is 2. The lowest BCUT2D eigenvalue weighted by Gasteiger charge is -2.28. The van der Waals surface area contributed by atoms with Gasteiger partial charge in [-0.05, 0) is 63.2 Å². The van der Waals surface area contributed by atoms with Gasteiger partial charge in [0.15, 0.2) is 0 Å². The third-order valence-corrected chi connectivity index (χ3v) is 5.49. The first-order chi connectivity index (χ1) is 11.6. The SMILES string of the molecule is C=CCCC[C@@H]1CCC[C@H]1OC(=O)N[C@H](C(=O)O)C1CCCCC1. The topological polar surface area (TPSA) is 75.6 Å². The van der Waals surface area contributed by atoms with Crippen molar-refractivity contribution in [2.45, 2.75) is 82.8 Å². The maximum Gasteiger partial charge on any atom is 0.408 e. The molecule has 0 radical (unpaired) electrons. The molecule has 2 fully saturated rings. The van der Waals surface area contributed by atoms with E-state index in [1.165, 1.54) is 0 Å². The molecule has 2 aliphatic carbocycles. The predicted molar refractivity (Wildman–Crippen MR) is 92.8 cm³/mol. The highest BCUT2D eigenvalue weighted by atomic mass is 16.6. The summed E-state index contributed by atoms with van der Waals surface area (Å²) in [4.78, 5) is 23.7. The molecule has 0 heterocycles. The molecule has 0 spiro atoms. The Morgan fingerprint density at radius 2 is 1.92 bits per heavy atom. The molecular weight excluding hydrogens is 306 g/mol. The Balaban J connectivity index is 1.83. The number of amides is 1. The summed E-state index contributed by atoms with van der Waals surface area (Å²) in [6.07, 6.45) is 12.4. The molecular formula is C19H31NO4. The van der Waals surface area contributed by atoms with Gasteiger partial charge in [-0.15, -0.1) is 6.58 Å². The number of carboxylic acids is 1. The second kappa shape index (κ2) is 9.70. The van der Waals surface area contributed by atoms with Gasteiger partial charge < -0.3 is 15.2 Å². The molecule has 2 aliphatic rings. The Labute approximate surface area is 144 Å². The number of hydrogen-bond acceptors (Lipinski definition) is 3. The van der Waals surface area contributed by atoms with Crippen LogP contribution in [0.3, 0.4) is 0 Å². The molecule has 0 unspecified atom stereocenters. The number of unbranched alkanes of at least 4 members (excludes halogenated alkanes) is 1. The van der Waals surface area contributed by atoms with Gasteiger partial charge in [-0.3, -0.25) is 0 Å². The lowest BCUT2D eigenvalue weighted by atomic mass is 9.84. The summed E-state index contributed by atoms with van der Waals surface area (Å²) in [5.74, 6) is -0.530. The van der Waals surface area contributed by atoms with E-state index in [0.29, 0.717) is 5.92 Å². The molecule has 3 atom stereocenters. The zero-order chi connectivity index (χ0) is 17.4. The van der Waals surface area contributed by atoms with Gasteiger partial charge in [0.05, 0.1) is 0 Å². The lowest BCUT2D eigenvalue weighted by molar-refractivity contribution is -0.141. The van der Waals surface area contributed by atoms with E-state index in [1.54, 1.807) is 0 Å². The first kappa shape index (κ1) is 18.8. The van der Waals surface area contributed by atoms with Crippen LogP contribution in [-0.4, -0.2) is 29.3 Å². The van der Waals surface area contributed by atoms with E-state index in [-0.39, 0.29) is 12.0 Å². The molecule has 5 nitrogen and oxygen atoms in total. The molecule has 2 rings (SSSR count). The lowest BCUT2D eigenvalue weighted by Crippen LogP contribution is -2.47. The minimum atomic E-state index is -0.951. The van der Waals surface area contributed by atoms with Crippen LogP contribution in [0.4, 0.5) is 4.79 Å². The van der Waals surface area contributed by atoms with Gasteiger partial charge in [0.1, 0.15) is 12.1 Å². The van der Waals surface area contributed by atoms with Crippen LogP contribution in [0.1, 0.15) is 70.6 Å². The van der Waals surface area contributed by atoms with Crippen molar-refractivity contribution < 1.29 is 19.4 Å². The number of ether oxygens (including phenoxy) is 1. The van der Waals surface area contributed by atoms with Gasteiger partial charge in [-0.2, -0.15) is 0 Å². The number of carbonyl (C=O) groups excluding carboxylic acids is 1. The molecule has 0 bridgehead atoms. The molecule has 2 N–H and O–H groups in total. The number of rotatable bonds is 8. The third kappa shape index (κ3) is 5.53. The molecule has 0 aromatic heterocycles. The fraction of sp³-hybridized carbons (Fsp3) is 0.789. The van der Waals surface area contributed by atoms with Gasteiger partial charge in [0.2, 0.25) is 0 Å². The molecule has 1 amide bonds. The molecule has 0 aliphatic heterocycles. The van der Waals surface area contributed by atoms with Gasteiger partial charge in [0.25, 0.3) is 0 Å². The van der Waals surface area contributed by atoms with Crippen LogP contribution in [0.25, 0.3) is 0 Å². The largest absolute Gasteiger partial charge is 0.480 e. The quantitative estimate of drug-likeness (QED) is 0.512. The molecule has 0 saturated heterocycles. The van der Waals surface area contributed by atoms with Crippen LogP contribution in [0, 0.1) is 11.8 Å². The third-order valence-electron chi connectivity index (χ3n) is 5.49. The number of nitrogens with one attached hydrogen (secondary N) is 1. The maximum atomic E-state index is 12.2. The van der Waals surface area contributed by atoms with Crippen LogP contribution < -0.4 is 5.32 Å². The van der Waals surface area contributed by atoms with E-state index in [9.17, 15) is 14.7 Å². The molecule has 5 heteroatoms. The zero-order valence-electron chi connectivity index (χ0n) is 14.5. The van der Waals surface area contributed by atoms with Gasteiger partial charge >= 0.3 is 12.1 Å². The standard InChI is InChI=1S/C19H31NO4/c1-2-3-5-9-14-12-8-13-16(14)24-19(23)20-17(18(21)22)15-10-6-4-7-11-15/h2,14-17H,1,3-13H2,(H,20,23)(H,21,22)/t14-,16-,17+/m1/s1. The fourth-order valence-corrected chi connectivity index (χ4v) is 4.16. The minimum Gasteiger partial charge on any atom is -0.480 e. The Morgan fingerprint density at radius 1 is 1.17 bits per heavy atom. The van der Waals surface area contributed by atoms with E-state index < -0.39 is 18.1 Å². The highest BCUT2D eigenvalue weighted by Gasteiger charge is 2.34. The molecule has 24 heavy (non-hydrogen) atoms. The van der Waals surface area contributed by atoms with Crippen molar-refractivity contribution in [3.63, 3.8) is 0 Å². The number of carbonyl (C=O) groups is 2. The van der Waals surface area contributed by atoms with E-state index in [2.05, 4.69) is 11.9 Å². The van der Waals surface area contributed by atoms with Crippen LogP contribution in [-0.2, 0) is 9.53 Å². The van der Waals surface area contributed by atoms with E-state index in [0.717, 1.165) is 70.6 Å². The van der Waals surface area contributed by atoms with E-state index in [1.807, 2.05) is 6.08 Å². The smallest absolute Gasteiger partial charge is 0.408 e. The summed E-state index contributed by atoms with van der Waals surface area (Å²) in [5, 5.41) is 12.1. The number of allylic oxidation sites excluding steroid dienone is 1. The monoisotopic (exact) mass is 337 g/mol. The number of aliphatic carboxylic acids is 1. The summed E-state index contributed by atoms with van der Waals surface area (Å²) in [7, 11) is 0. The van der Waals surface area contributed by atoms with Gasteiger partial charge in [-0.25, -0.2) is 9.59 Å². The molecule has 0 aromatic carbocycles.